The monoisotopic (exact) mass is 334 g/mol. The van der Waals surface area contributed by atoms with Gasteiger partial charge in [-0.3, -0.25) is 9.69 Å². The van der Waals surface area contributed by atoms with Crippen molar-refractivity contribution >= 4 is 17.7 Å². The maximum Gasteiger partial charge on any atom is 0.410 e. The molecule has 1 saturated heterocycles. The standard InChI is InChI=1S/C18H26N2O4/c1-11(2)10-24-18(23)20-9-14(21)8-16(20)17(22)19-15-6-5-12(3)7-13(15)4/h5-7,11,14,16,21H,8-10H2,1-4H3,(H,19,22)/t14-,16-/m1/s1. The average molecular weight is 334 g/mol. The quantitative estimate of drug-likeness (QED) is 0.886. The van der Waals surface area contributed by atoms with Crippen LogP contribution in [-0.4, -0.2) is 47.3 Å². The summed E-state index contributed by atoms with van der Waals surface area (Å²) in [5, 5.41) is 12.7. The molecule has 1 aromatic carbocycles. The van der Waals surface area contributed by atoms with E-state index in [-0.39, 0.29) is 31.4 Å². The summed E-state index contributed by atoms with van der Waals surface area (Å²) in [4.78, 5) is 26.1. The van der Waals surface area contributed by atoms with Crippen molar-refractivity contribution in [1.82, 2.24) is 4.90 Å². The van der Waals surface area contributed by atoms with E-state index in [9.17, 15) is 14.7 Å². The molecular weight excluding hydrogens is 308 g/mol. The number of ether oxygens (including phenoxy) is 1. The van der Waals surface area contributed by atoms with E-state index >= 15 is 0 Å². The molecule has 0 radical (unpaired) electrons. The van der Waals surface area contributed by atoms with Crippen LogP contribution in [0.25, 0.3) is 0 Å². The summed E-state index contributed by atoms with van der Waals surface area (Å²) in [5.74, 6) is -0.0936. The summed E-state index contributed by atoms with van der Waals surface area (Å²) in [6.07, 6.45) is -1.06. The maximum atomic E-state index is 12.6. The van der Waals surface area contributed by atoms with Gasteiger partial charge in [0, 0.05) is 12.1 Å². The summed E-state index contributed by atoms with van der Waals surface area (Å²) in [5.41, 5.74) is 2.78. The van der Waals surface area contributed by atoms with Crippen LogP contribution in [0.2, 0.25) is 0 Å². The molecule has 1 heterocycles. The number of rotatable bonds is 4. The molecular formula is C18H26N2O4. The fourth-order valence-corrected chi connectivity index (χ4v) is 2.75. The smallest absolute Gasteiger partial charge is 0.410 e. The minimum absolute atomic E-state index is 0.113. The second-order valence-corrected chi connectivity index (χ2v) is 6.84. The molecule has 2 N–H and O–H groups in total. The van der Waals surface area contributed by atoms with Gasteiger partial charge >= 0.3 is 6.09 Å². The number of hydrogen-bond acceptors (Lipinski definition) is 4. The molecule has 6 nitrogen and oxygen atoms in total. The van der Waals surface area contributed by atoms with Crippen LogP contribution in [-0.2, 0) is 9.53 Å². The Bertz CT molecular complexity index is 615. The molecule has 0 bridgehead atoms. The molecule has 1 aliphatic heterocycles. The van der Waals surface area contributed by atoms with Gasteiger partial charge in [0.1, 0.15) is 6.04 Å². The van der Waals surface area contributed by atoms with Crippen molar-refractivity contribution < 1.29 is 19.4 Å². The van der Waals surface area contributed by atoms with Crippen molar-refractivity contribution in [3.05, 3.63) is 29.3 Å². The number of β-amino-alcohol motifs (C(OH)–C–C–N with tert-alkyl or cyclic N) is 1. The van der Waals surface area contributed by atoms with E-state index in [1.807, 2.05) is 45.9 Å². The minimum atomic E-state index is -0.722. The van der Waals surface area contributed by atoms with Crippen molar-refractivity contribution in [3.63, 3.8) is 0 Å². The zero-order chi connectivity index (χ0) is 17.9. The number of carbonyl (C=O) groups excluding carboxylic acids is 2. The highest BCUT2D eigenvalue weighted by Gasteiger charge is 2.40. The van der Waals surface area contributed by atoms with E-state index in [0.717, 1.165) is 11.1 Å². The first-order valence-electron chi connectivity index (χ1n) is 8.27. The Morgan fingerprint density at radius 1 is 1.38 bits per heavy atom. The van der Waals surface area contributed by atoms with Gasteiger partial charge < -0.3 is 15.2 Å². The molecule has 1 aliphatic rings. The first-order chi connectivity index (χ1) is 11.3. The van der Waals surface area contributed by atoms with Crippen LogP contribution in [0.1, 0.15) is 31.4 Å². The largest absolute Gasteiger partial charge is 0.449 e. The van der Waals surface area contributed by atoms with Crippen molar-refractivity contribution in [3.8, 4) is 0 Å². The molecule has 6 heteroatoms. The SMILES string of the molecule is Cc1ccc(NC(=O)[C@H]2C[C@@H](O)CN2C(=O)OCC(C)C)c(C)c1. The number of aliphatic hydroxyl groups is 1. The van der Waals surface area contributed by atoms with Gasteiger partial charge in [-0.2, -0.15) is 0 Å². The van der Waals surface area contributed by atoms with E-state index in [0.29, 0.717) is 5.69 Å². The Labute approximate surface area is 142 Å². The number of anilines is 1. The van der Waals surface area contributed by atoms with E-state index in [2.05, 4.69) is 5.32 Å². The van der Waals surface area contributed by atoms with Crippen LogP contribution in [0, 0.1) is 19.8 Å². The zero-order valence-corrected chi connectivity index (χ0v) is 14.7. The van der Waals surface area contributed by atoms with E-state index in [4.69, 9.17) is 4.74 Å². The molecule has 1 fully saturated rings. The normalized spacial score (nSPS) is 20.3. The Hall–Kier alpha value is -2.08. The summed E-state index contributed by atoms with van der Waals surface area (Å²) in [7, 11) is 0. The number of likely N-dealkylation sites (tertiary alicyclic amines) is 1. The van der Waals surface area contributed by atoms with Gasteiger partial charge in [0.25, 0.3) is 0 Å². The summed E-state index contributed by atoms with van der Waals surface area (Å²) in [6.45, 7) is 8.19. The van der Waals surface area contributed by atoms with Crippen LogP contribution < -0.4 is 5.32 Å². The second-order valence-electron chi connectivity index (χ2n) is 6.84. The van der Waals surface area contributed by atoms with Crippen LogP contribution in [0.4, 0.5) is 10.5 Å². The topological polar surface area (TPSA) is 78.9 Å². The van der Waals surface area contributed by atoms with Gasteiger partial charge in [-0.1, -0.05) is 31.5 Å². The lowest BCUT2D eigenvalue weighted by atomic mass is 10.1. The number of carbonyl (C=O) groups is 2. The molecule has 0 unspecified atom stereocenters. The van der Waals surface area contributed by atoms with Crippen molar-refractivity contribution in [2.75, 3.05) is 18.5 Å². The molecule has 0 aromatic heterocycles. The highest BCUT2D eigenvalue weighted by molar-refractivity contribution is 5.97. The fraction of sp³-hybridized carbons (Fsp3) is 0.556. The summed E-state index contributed by atoms with van der Waals surface area (Å²) < 4.78 is 5.20. The van der Waals surface area contributed by atoms with E-state index < -0.39 is 18.2 Å². The van der Waals surface area contributed by atoms with Crippen molar-refractivity contribution in [2.24, 2.45) is 5.92 Å². The highest BCUT2D eigenvalue weighted by atomic mass is 16.6. The maximum absolute atomic E-state index is 12.6. The van der Waals surface area contributed by atoms with E-state index in [1.54, 1.807) is 0 Å². The third kappa shape index (κ3) is 4.47. The van der Waals surface area contributed by atoms with Gasteiger partial charge in [-0.15, -0.1) is 0 Å². The first-order valence-corrected chi connectivity index (χ1v) is 8.27. The number of hydrogen-bond donors (Lipinski definition) is 2. The number of nitrogens with one attached hydrogen (secondary N) is 1. The van der Waals surface area contributed by atoms with Gasteiger partial charge in [-0.25, -0.2) is 4.79 Å². The van der Waals surface area contributed by atoms with Gasteiger partial charge in [-0.05, 0) is 31.4 Å². The van der Waals surface area contributed by atoms with Crippen molar-refractivity contribution in [2.45, 2.75) is 46.3 Å². The molecule has 0 aliphatic carbocycles. The molecule has 1 aromatic rings. The predicted molar refractivity (Wildman–Crippen MR) is 91.8 cm³/mol. The van der Waals surface area contributed by atoms with Crippen LogP contribution in [0.3, 0.4) is 0 Å². The van der Waals surface area contributed by atoms with E-state index in [1.165, 1.54) is 4.90 Å². The Morgan fingerprint density at radius 2 is 2.08 bits per heavy atom. The van der Waals surface area contributed by atoms with Gasteiger partial charge in [0.05, 0.1) is 19.3 Å². The molecule has 0 spiro atoms. The van der Waals surface area contributed by atoms with Crippen LogP contribution >= 0.6 is 0 Å². The summed E-state index contributed by atoms with van der Waals surface area (Å²) in [6, 6.07) is 5.02. The lowest BCUT2D eigenvalue weighted by molar-refractivity contribution is -0.120. The number of aliphatic hydroxyl groups excluding tert-OH is 1. The second kappa shape index (κ2) is 7.66. The Morgan fingerprint density at radius 3 is 2.71 bits per heavy atom. The fourth-order valence-electron chi connectivity index (χ4n) is 2.75. The molecule has 132 valence electrons. The molecule has 2 amide bonds. The molecule has 0 saturated carbocycles. The minimum Gasteiger partial charge on any atom is -0.449 e. The third-order valence-corrected chi connectivity index (χ3v) is 4.00. The number of benzene rings is 1. The Balaban J connectivity index is 2.06. The highest BCUT2D eigenvalue weighted by Crippen LogP contribution is 2.22. The Kier molecular flexibility index (Phi) is 5.83. The lowest BCUT2D eigenvalue weighted by Gasteiger charge is -2.23. The molecule has 2 rings (SSSR count). The number of amides is 2. The average Bonchev–Trinajstić information content (AvgIpc) is 2.89. The van der Waals surface area contributed by atoms with Gasteiger partial charge in [0.15, 0.2) is 0 Å². The van der Waals surface area contributed by atoms with Crippen molar-refractivity contribution in [1.29, 1.82) is 0 Å². The number of nitrogens with zero attached hydrogens (tertiary/aromatic N) is 1. The third-order valence-electron chi connectivity index (χ3n) is 4.00. The molecule has 2 atom stereocenters. The van der Waals surface area contributed by atoms with Gasteiger partial charge in [0.2, 0.25) is 5.91 Å². The molecule has 24 heavy (non-hydrogen) atoms. The lowest BCUT2D eigenvalue weighted by Crippen LogP contribution is -2.43. The zero-order valence-electron chi connectivity index (χ0n) is 14.7. The van der Waals surface area contributed by atoms with Crippen LogP contribution in [0.5, 0.6) is 0 Å². The predicted octanol–water partition coefficient (Wildman–Crippen LogP) is 2.47. The summed E-state index contributed by atoms with van der Waals surface area (Å²) >= 11 is 0. The first kappa shape index (κ1) is 18.3. The van der Waals surface area contributed by atoms with Crippen LogP contribution in [0.15, 0.2) is 18.2 Å². The number of aryl methyl sites for hydroxylation is 2.